The first kappa shape index (κ1) is 16.6. The normalized spacial score (nSPS) is 10.7. The molecule has 0 radical (unpaired) electrons. The SMILES string of the molecule is Cc1ncn(CCCC(=O)NCCCn2ccnc2[N+](=O)[O-])n1. The molecule has 0 bridgehead atoms. The van der Waals surface area contributed by atoms with E-state index in [0.29, 0.717) is 44.7 Å². The second-order valence-electron chi connectivity index (χ2n) is 5.04. The van der Waals surface area contributed by atoms with Crippen molar-refractivity contribution in [2.75, 3.05) is 6.54 Å². The van der Waals surface area contributed by atoms with E-state index in [2.05, 4.69) is 20.4 Å². The first-order valence-electron chi connectivity index (χ1n) is 7.34. The van der Waals surface area contributed by atoms with Crippen LogP contribution < -0.4 is 5.32 Å². The van der Waals surface area contributed by atoms with Crippen molar-refractivity contribution in [3.63, 3.8) is 0 Å². The Labute approximate surface area is 132 Å². The smallest absolute Gasteiger partial charge is 0.390 e. The average molecular weight is 321 g/mol. The lowest BCUT2D eigenvalue weighted by molar-refractivity contribution is -0.396. The Balaban J connectivity index is 1.59. The number of aromatic nitrogens is 5. The second kappa shape index (κ2) is 8.01. The summed E-state index contributed by atoms with van der Waals surface area (Å²) in [7, 11) is 0. The van der Waals surface area contributed by atoms with Gasteiger partial charge in [0.1, 0.15) is 24.5 Å². The number of carbonyl (C=O) groups excluding carboxylic acids is 1. The maximum Gasteiger partial charge on any atom is 0.434 e. The van der Waals surface area contributed by atoms with Gasteiger partial charge >= 0.3 is 5.95 Å². The Morgan fingerprint density at radius 1 is 1.35 bits per heavy atom. The predicted octanol–water partition coefficient (Wildman–Crippen LogP) is 0.678. The molecule has 124 valence electrons. The van der Waals surface area contributed by atoms with E-state index >= 15 is 0 Å². The molecule has 0 fully saturated rings. The molecule has 0 unspecified atom stereocenters. The van der Waals surface area contributed by atoms with Crippen LogP contribution in [0.4, 0.5) is 5.95 Å². The number of imidazole rings is 1. The number of aryl methyl sites for hydroxylation is 3. The molecule has 1 amide bonds. The molecule has 0 aromatic carbocycles. The molecule has 0 saturated carbocycles. The number of hydrogen-bond acceptors (Lipinski definition) is 6. The van der Waals surface area contributed by atoms with Gasteiger partial charge in [-0.2, -0.15) is 5.10 Å². The van der Waals surface area contributed by atoms with E-state index < -0.39 is 4.92 Å². The van der Waals surface area contributed by atoms with Crippen molar-refractivity contribution in [2.24, 2.45) is 0 Å². The van der Waals surface area contributed by atoms with E-state index in [1.165, 1.54) is 10.8 Å². The number of nitrogens with zero attached hydrogens (tertiary/aromatic N) is 6. The van der Waals surface area contributed by atoms with Gasteiger partial charge in [0.15, 0.2) is 0 Å². The van der Waals surface area contributed by atoms with Gasteiger partial charge in [-0.05, 0) is 24.7 Å². The Kier molecular flexibility index (Phi) is 5.78. The molecule has 0 aliphatic rings. The molecule has 0 aliphatic heterocycles. The molecule has 0 atom stereocenters. The summed E-state index contributed by atoms with van der Waals surface area (Å²) in [6, 6.07) is 0. The molecule has 10 nitrogen and oxygen atoms in total. The molecule has 2 rings (SSSR count). The summed E-state index contributed by atoms with van der Waals surface area (Å²) in [5.41, 5.74) is 0. The number of rotatable bonds is 9. The monoisotopic (exact) mass is 321 g/mol. The third kappa shape index (κ3) is 5.16. The second-order valence-corrected chi connectivity index (χ2v) is 5.04. The van der Waals surface area contributed by atoms with Gasteiger partial charge in [0.25, 0.3) is 0 Å². The minimum atomic E-state index is -0.523. The van der Waals surface area contributed by atoms with Crippen molar-refractivity contribution < 1.29 is 9.72 Å². The van der Waals surface area contributed by atoms with Crippen LogP contribution >= 0.6 is 0 Å². The largest absolute Gasteiger partial charge is 0.434 e. The Morgan fingerprint density at radius 2 is 2.17 bits per heavy atom. The van der Waals surface area contributed by atoms with Gasteiger partial charge in [-0.25, -0.2) is 9.55 Å². The van der Waals surface area contributed by atoms with Crippen LogP contribution in [0.5, 0.6) is 0 Å². The molecule has 0 saturated heterocycles. The highest BCUT2D eigenvalue weighted by Gasteiger charge is 2.13. The van der Waals surface area contributed by atoms with Crippen molar-refractivity contribution >= 4 is 11.9 Å². The number of nitro groups is 1. The minimum absolute atomic E-state index is 0.0398. The zero-order valence-electron chi connectivity index (χ0n) is 12.9. The van der Waals surface area contributed by atoms with Gasteiger partial charge in [0.2, 0.25) is 5.91 Å². The first-order valence-corrected chi connectivity index (χ1v) is 7.34. The molecule has 2 aromatic heterocycles. The van der Waals surface area contributed by atoms with E-state index in [-0.39, 0.29) is 11.9 Å². The van der Waals surface area contributed by atoms with E-state index in [1.807, 2.05) is 6.92 Å². The van der Waals surface area contributed by atoms with E-state index in [4.69, 9.17) is 0 Å². The van der Waals surface area contributed by atoms with Gasteiger partial charge in [-0.15, -0.1) is 0 Å². The summed E-state index contributed by atoms with van der Waals surface area (Å²) in [6.07, 6.45) is 6.28. The van der Waals surface area contributed by atoms with Crippen LogP contribution in [0.1, 0.15) is 25.1 Å². The summed E-state index contributed by atoms with van der Waals surface area (Å²) in [5.74, 6) is 0.490. The van der Waals surface area contributed by atoms with Crippen LogP contribution in [0.25, 0.3) is 0 Å². The fraction of sp³-hybridized carbons (Fsp3) is 0.538. The topological polar surface area (TPSA) is 121 Å². The zero-order valence-corrected chi connectivity index (χ0v) is 12.9. The average Bonchev–Trinajstić information content (AvgIpc) is 3.12. The number of carbonyl (C=O) groups is 1. The summed E-state index contributed by atoms with van der Waals surface area (Å²) < 4.78 is 3.17. The molecular weight excluding hydrogens is 302 g/mol. The van der Waals surface area contributed by atoms with Gasteiger partial charge in [0, 0.05) is 19.5 Å². The maximum atomic E-state index is 11.7. The predicted molar refractivity (Wildman–Crippen MR) is 80.5 cm³/mol. The standard InChI is InChI=1S/C13H19N7O3/c1-11-16-10-19(17-11)8-2-4-12(21)14-5-3-7-18-9-6-15-13(18)20(22)23/h6,9-10H,2-5,7-8H2,1H3,(H,14,21). The third-order valence-electron chi connectivity index (χ3n) is 3.20. The van der Waals surface area contributed by atoms with E-state index in [9.17, 15) is 14.9 Å². The fourth-order valence-electron chi connectivity index (χ4n) is 2.11. The van der Waals surface area contributed by atoms with Crippen LogP contribution in [-0.4, -0.2) is 41.7 Å². The molecule has 10 heteroatoms. The summed E-state index contributed by atoms with van der Waals surface area (Å²) in [5, 5.41) is 17.6. The summed E-state index contributed by atoms with van der Waals surface area (Å²) in [6.45, 7) is 3.37. The van der Waals surface area contributed by atoms with E-state index in [1.54, 1.807) is 17.2 Å². The molecule has 0 spiro atoms. The van der Waals surface area contributed by atoms with Crippen LogP contribution in [-0.2, 0) is 17.9 Å². The fourth-order valence-corrected chi connectivity index (χ4v) is 2.11. The first-order chi connectivity index (χ1) is 11.1. The Hall–Kier alpha value is -2.78. The van der Waals surface area contributed by atoms with Crippen LogP contribution in [0.15, 0.2) is 18.7 Å². The van der Waals surface area contributed by atoms with Crippen molar-refractivity contribution in [3.05, 3.63) is 34.7 Å². The van der Waals surface area contributed by atoms with Crippen molar-refractivity contribution in [1.29, 1.82) is 0 Å². The molecule has 0 aliphatic carbocycles. The van der Waals surface area contributed by atoms with Crippen LogP contribution in [0.2, 0.25) is 0 Å². The van der Waals surface area contributed by atoms with E-state index in [0.717, 1.165) is 0 Å². The van der Waals surface area contributed by atoms with Gasteiger partial charge < -0.3 is 15.4 Å². The van der Waals surface area contributed by atoms with Crippen LogP contribution in [0, 0.1) is 17.0 Å². The quantitative estimate of drug-likeness (QED) is 0.412. The maximum absolute atomic E-state index is 11.7. The van der Waals surface area contributed by atoms with Gasteiger partial charge in [-0.3, -0.25) is 9.48 Å². The minimum Gasteiger partial charge on any atom is -0.390 e. The Morgan fingerprint density at radius 3 is 2.87 bits per heavy atom. The highest BCUT2D eigenvalue weighted by atomic mass is 16.6. The molecule has 2 heterocycles. The lowest BCUT2D eigenvalue weighted by Gasteiger charge is -2.05. The molecular formula is C13H19N7O3. The van der Waals surface area contributed by atoms with Gasteiger partial charge in [-0.1, -0.05) is 4.98 Å². The lowest BCUT2D eigenvalue weighted by atomic mass is 10.3. The van der Waals surface area contributed by atoms with Crippen molar-refractivity contribution in [3.8, 4) is 0 Å². The molecule has 23 heavy (non-hydrogen) atoms. The van der Waals surface area contributed by atoms with Crippen molar-refractivity contribution in [1.82, 2.24) is 29.6 Å². The number of nitrogens with one attached hydrogen (secondary N) is 1. The van der Waals surface area contributed by atoms with Gasteiger partial charge in [0.05, 0.1) is 6.54 Å². The van der Waals surface area contributed by atoms with Crippen LogP contribution in [0.3, 0.4) is 0 Å². The zero-order chi connectivity index (χ0) is 16.7. The van der Waals surface area contributed by atoms with Crippen molar-refractivity contribution in [2.45, 2.75) is 39.3 Å². The summed E-state index contributed by atoms with van der Waals surface area (Å²) >= 11 is 0. The lowest BCUT2D eigenvalue weighted by Crippen LogP contribution is -2.25. The number of amides is 1. The third-order valence-corrected chi connectivity index (χ3v) is 3.20. The Bertz CT molecular complexity index is 664. The highest BCUT2D eigenvalue weighted by molar-refractivity contribution is 5.75. The molecule has 2 aromatic rings. The molecule has 1 N–H and O–H groups in total. The number of hydrogen-bond donors (Lipinski definition) is 1. The summed E-state index contributed by atoms with van der Waals surface area (Å²) in [4.78, 5) is 29.5. The highest BCUT2D eigenvalue weighted by Crippen LogP contribution is 2.07.